The van der Waals surface area contributed by atoms with Gasteiger partial charge in [0.2, 0.25) is 0 Å². The summed E-state index contributed by atoms with van der Waals surface area (Å²) in [6, 6.07) is 6.06. The van der Waals surface area contributed by atoms with Crippen LogP contribution < -0.4 is 26.4 Å². The molecule has 1 saturated heterocycles. The Morgan fingerprint density at radius 1 is 1.33 bits per heavy atom. The third kappa shape index (κ3) is 3.91. The van der Waals surface area contributed by atoms with Gasteiger partial charge in [0.15, 0.2) is 5.82 Å². The van der Waals surface area contributed by atoms with Crippen LogP contribution in [0, 0.1) is 5.41 Å². The second-order valence-electron chi connectivity index (χ2n) is 7.46. The maximum Gasteiger partial charge on any atom is 0.158 e. The Balaban J connectivity index is 1.46. The molecule has 3 heterocycles. The van der Waals surface area contributed by atoms with Crippen LogP contribution in [0.4, 0.5) is 17.3 Å². The van der Waals surface area contributed by atoms with Gasteiger partial charge in [-0.25, -0.2) is 9.97 Å². The van der Waals surface area contributed by atoms with Gasteiger partial charge >= 0.3 is 0 Å². The second-order valence-corrected chi connectivity index (χ2v) is 8.52. The van der Waals surface area contributed by atoms with Gasteiger partial charge < -0.3 is 26.4 Å². The summed E-state index contributed by atoms with van der Waals surface area (Å²) in [6.07, 6.45) is 3.95. The Hall–Kier alpha value is -2.19. The predicted molar refractivity (Wildman–Crippen MR) is 110 cm³/mol. The van der Waals surface area contributed by atoms with Crippen molar-refractivity contribution < 1.29 is 4.74 Å². The van der Waals surface area contributed by atoms with E-state index in [2.05, 4.69) is 33.2 Å². The highest BCUT2D eigenvalue weighted by atomic mass is 32.2. The Bertz CT molecular complexity index is 822. The first-order chi connectivity index (χ1) is 13.1. The van der Waals surface area contributed by atoms with E-state index in [9.17, 15) is 0 Å². The largest absolute Gasteiger partial charge is 0.490 e. The number of hydrogen-bond acceptors (Lipinski definition) is 8. The number of rotatable bonds is 4. The van der Waals surface area contributed by atoms with E-state index in [-0.39, 0.29) is 5.41 Å². The third-order valence-electron chi connectivity index (χ3n) is 5.38. The van der Waals surface area contributed by atoms with Crippen LogP contribution in [0.15, 0.2) is 34.3 Å². The SMILES string of the molecule is CC1(CN)CCN(c2cnc(Sc3ccc4c(c3)NCCO4)c(N)n2)CC1. The molecule has 2 aliphatic heterocycles. The Kier molecular flexibility index (Phi) is 5.01. The van der Waals surface area contributed by atoms with Gasteiger partial charge in [-0.05, 0) is 43.0 Å². The number of nitrogens with two attached hydrogens (primary N) is 2. The number of nitrogen functional groups attached to an aromatic ring is 1. The summed E-state index contributed by atoms with van der Waals surface area (Å²) in [7, 11) is 0. The fraction of sp³-hybridized carbons (Fsp3) is 0.474. The van der Waals surface area contributed by atoms with Crippen LogP contribution in [-0.4, -0.2) is 42.8 Å². The molecule has 1 aromatic carbocycles. The molecule has 0 atom stereocenters. The van der Waals surface area contributed by atoms with E-state index in [1.807, 2.05) is 18.3 Å². The van der Waals surface area contributed by atoms with Crippen molar-refractivity contribution in [2.45, 2.75) is 29.7 Å². The smallest absolute Gasteiger partial charge is 0.158 e. The molecule has 8 heteroatoms. The molecule has 1 fully saturated rings. The zero-order valence-corrected chi connectivity index (χ0v) is 16.4. The number of nitrogens with zero attached hydrogens (tertiary/aromatic N) is 3. The molecule has 0 unspecified atom stereocenters. The highest BCUT2D eigenvalue weighted by Crippen LogP contribution is 2.37. The molecule has 0 amide bonds. The highest BCUT2D eigenvalue weighted by molar-refractivity contribution is 7.99. The number of fused-ring (bicyclic) bond motifs is 1. The van der Waals surface area contributed by atoms with Crippen molar-refractivity contribution in [3.63, 3.8) is 0 Å². The van der Waals surface area contributed by atoms with Gasteiger partial charge in [-0.1, -0.05) is 18.7 Å². The molecule has 0 aliphatic carbocycles. The Morgan fingerprint density at radius 2 is 2.15 bits per heavy atom. The summed E-state index contributed by atoms with van der Waals surface area (Å²) in [5, 5.41) is 4.07. The standard InChI is InChI=1S/C19H26N6OS/c1-19(12-20)4-7-25(8-5-19)16-11-23-18(17(21)24-16)27-13-2-3-15-14(10-13)22-6-9-26-15/h2-3,10-11,22H,4-9,12,20H2,1H3,(H2,21,24). The average molecular weight is 387 g/mol. The molecule has 7 nitrogen and oxygen atoms in total. The van der Waals surface area contributed by atoms with Gasteiger partial charge in [0.25, 0.3) is 0 Å². The summed E-state index contributed by atoms with van der Waals surface area (Å²) in [4.78, 5) is 12.5. The van der Waals surface area contributed by atoms with Gasteiger partial charge in [0, 0.05) is 24.5 Å². The fourth-order valence-electron chi connectivity index (χ4n) is 3.39. The maximum atomic E-state index is 6.21. The number of nitrogens with one attached hydrogen (secondary N) is 1. The number of piperidine rings is 1. The monoisotopic (exact) mass is 386 g/mol. The quantitative estimate of drug-likeness (QED) is 0.737. The second kappa shape index (κ2) is 7.44. The minimum atomic E-state index is 0.232. The molecule has 0 saturated carbocycles. The molecule has 27 heavy (non-hydrogen) atoms. The van der Waals surface area contributed by atoms with Crippen LogP contribution in [0.1, 0.15) is 19.8 Å². The van der Waals surface area contributed by atoms with Crippen molar-refractivity contribution in [3.05, 3.63) is 24.4 Å². The molecule has 0 spiro atoms. The lowest BCUT2D eigenvalue weighted by Gasteiger charge is -2.39. The summed E-state index contributed by atoms with van der Waals surface area (Å²) in [5.41, 5.74) is 13.3. The van der Waals surface area contributed by atoms with Crippen LogP contribution in [0.5, 0.6) is 5.75 Å². The van der Waals surface area contributed by atoms with Crippen molar-refractivity contribution in [3.8, 4) is 5.75 Å². The van der Waals surface area contributed by atoms with Crippen LogP contribution >= 0.6 is 11.8 Å². The minimum Gasteiger partial charge on any atom is -0.490 e. The lowest BCUT2D eigenvalue weighted by atomic mass is 9.80. The summed E-state index contributed by atoms with van der Waals surface area (Å²) in [6.45, 7) is 6.36. The molecule has 5 N–H and O–H groups in total. The topological polar surface area (TPSA) is 102 Å². The summed E-state index contributed by atoms with van der Waals surface area (Å²) < 4.78 is 5.62. The lowest BCUT2D eigenvalue weighted by Crippen LogP contribution is -2.42. The number of hydrogen-bond donors (Lipinski definition) is 3. The third-order valence-corrected chi connectivity index (χ3v) is 6.38. The normalized spacial score (nSPS) is 18.4. The number of benzene rings is 1. The number of aromatic nitrogens is 2. The molecular weight excluding hydrogens is 360 g/mol. The molecular formula is C19H26N6OS. The van der Waals surface area contributed by atoms with Crippen LogP contribution in [-0.2, 0) is 0 Å². The molecule has 0 bridgehead atoms. The van der Waals surface area contributed by atoms with Gasteiger partial charge in [-0.2, -0.15) is 0 Å². The van der Waals surface area contributed by atoms with Crippen molar-refractivity contribution >= 4 is 29.1 Å². The number of ether oxygens (including phenoxy) is 1. The van der Waals surface area contributed by atoms with E-state index < -0.39 is 0 Å². The number of anilines is 3. The van der Waals surface area contributed by atoms with Gasteiger partial charge in [0.1, 0.15) is 23.2 Å². The molecule has 0 radical (unpaired) electrons. The van der Waals surface area contributed by atoms with E-state index in [1.54, 1.807) is 0 Å². The van der Waals surface area contributed by atoms with Crippen molar-refractivity contribution in [1.82, 2.24) is 9.97 Å². The van der Waals surface area contributed by atoms with Crippen LogP contribution in [0.2, 0.25) is 0 Å². The van der Waals surface area contributed by atoms with Crippen molar-refractivity contribution in [2.75, 3.05) is 48.7 Å². The molecule has 2 aromatic rings. The molecule has 1 aromatic heterocycles. The van der Waals surface area contributed by atoms with Gasteiger partial charge in [-0.15, -0.1) is 0 Å². The summed E-state index contributed by atoms with van der Waals surface area (Å²) >= 11 is 1.52. The minimum absolute atomic E-state index is 0.232. The van der Waals surface area contributed by atoms with E-state index >= 15 is 0 Å². The zero-order valence-electron chi connectivity index (χ0n) is 15.6. The van der Waals surface area contributed by atoms with E-state index in [4.69, 9.17) is 16.2 Å². The molecule has 144 valence electrons. The van der Waals surface area contributed by atoms with Crippen LogP contribution in [0.25, 0.3) is 0 Å². The lowest BCUT2D eigenvalue weighted by molar-refractivity contribution is 0.258. The summed E-state index contributed by atoms with van der Waals surface area (Å²) in [5.74, 6) is 2.19. The predicted octanol–water partition coefficient (Wildman–Crippen LogP) is 2.58. The zero-order chi connectivity index (χ0) is 18.9. The van der Waals surface area contributed by atoms with E-state index in [0.29, 0.717) is 12.4 Å². The molecule has 4 rings (SSSR count). The Labute approximate surface area is 163 Å². The molecule has 2 aliphatic rings. The van der Waals surface area contributed by atoms with Crippen molar-refractivity contribution in [1.29, 1.82) is 0 Å². The van der Waals surface area contributed by atoms with Crippen LogP contribution in [0.3, 0.4) is 0 Å². The van der Waals surface area contributed by atoms with E-state index in [0.717, 1.165) is 66.2 Å². The average Bonchev–Trinajstić information content (AvgIpc) is 2.70. The van der Waals surface area contributed by atoms with Crippen molar-refractivity contribution in [2.24, 2.45) is 11.1 Å². The first-order valence-corrected chi connectivity index (χ1v) is 10.1. The van der Waals surface area contributed by atoms with E-state index in [1.165, 1.54) is 11.8 Å². The highest BCUT2D eigenvalue weighted by Gasteiger charge is 2.29. The fourth-order valence-corrected chi connectivity index (χ4v) is 4.18. The first-order valence-electron chi connectivity index (χ1n) is 9.32. The van der Waals surface area contributed by atoms with Gasteiger partial charge in [0.05, 0.1) is 11.9 Å². The first kappa shape index (κ1) is 18.2. The Morgan fingerprint density at radius 3 is 2.89 bits per heavy atom. The maximum absolute atomic E-state index is 6.21. The van der Waals surface area contributed by atoms with Gasteiger partial charge in [-0.3, -0.25) is 0 Å².